The summed E-state index contributed by atoms with van der Waals surface area (Å²) in [7, 11) is 0. The maximum atomic E-state index is 16.3. The minimum absolute atomic E-state index is 0.0242. The lowest BCUT2D eigenvalue weighted by Crippen LogP contribution is -2.55. The van der Waals surface area contributed by atoms with E-state index >= 15 is 4.39 Å². The molecule has 1 unspecified atom stereocenters. The molecule has 0 amide bonds. The Hall–Kier alpha value is -4.31. The van der Waals surface area contributed by atoms with E-state index in [4.69, 9.17) is 14.3 Å². The lowest BCUT2D eigenvalue weighted by Gasteiger charge is -2.33. The van der Waals surface area contributed by atoms with Crippen LogP contribution in [-0.2, 0) is 11.2 Å². The Balaban J connectivity index is 1.36. The van der Waals surface area contributed by atoms with E-state index in [2.05, 4.69) is 10.3 Å². The molecule has 0 radical (unpaired) electrons. The predicted octanol–water partition coefficient (Wildman–Crippen LogP) is 5.63. The van der Waals surface area contributed by atoms with Crippen molar-refractivity contribution < 1.29 is 32.6 Å². The van der Waals surface area contributed by atoms with Gasteiger partial charge in [-0.15, -0.1) is 0 Å². The molecule has 5 rings (SSSR count). The van der Waals surface area contributed by atoms with Gasteiger partial charge in [-0.1, -0.05) is 12.1 Å². The van der Waals surface area contributed by atoms with Gasteiger partial charge in [0.1, 0.15) is 17.1 Å². The minimum atomic E-state index is -2.72. The molecule has 3 aromatic carbocycles. The highest BCUT2D eigenvalue weighted by atomic mass is 19.2. The molecular weight excluding hydrogens is 496 g/mol. The number of anilines is 2. The molecule has 2 N–H and O–H groups in total. The van der Waals surface area contributed by atoms with Crippen molar-refractivity contribution in [3.63, 3.8) is 0 Å². The Labute approximate surface area is 216 Å². The highest BCUT2D eigenvalue weighted by molar-refractivity contribution is 5.89. The second-order valence-electron chi connectivity index (χ2n) is 9.19. The summed E-state index contributed by atoms with van der Waals surface area (Å²) < 4.78 is 41.3. The minimum Gasteiger partial charge on any atom is -0.478 e. The van der Waals surface area contributed by atoms with Gasteiger partial charge in [-0.3, -0.25) is 4.79 Å². The van der Waals surface area contributed by atoms with Crippen LogP contribution in [0, 0.1) is 12.7 Å². The van der Waals surface area contributed by atoms with Gasteiger partial charge in [-0.2, -0.15) is 9.37 Å². The fourth-order valence-corrected chi connectivity index (χ4v) is 4.40. The van der Waals surface area contributed by atoms with Gasteiger partial charge in [0.05, 0.1) is 5.56 Å². The molecule has 0 aliphatic carbocycles. The second-order valence-corrected chi connectivity index (χ2v) is 9.19. The molecule has 8 nitrogen and oxygen atoms in total. The van der Waals surface area contributed by atoms with E-state index in [1.807, 2.05) is 6.92 Å². The number of carbonyl (C=O) groups excluding carboxylic acids is 1. The Bertz CT molecular complexity index is 1500. The second kappa shape index (κ2) is 10.2. The number of ether oxygens (including phenoxy) is 1. The molecule has 4 aromatic rings. The molecule has 1 atom stereocenters. The van der Waals surface area contributed by atoms with Crippen molar-refractivity contribution in [2.75, 3.05) is 18.4 Å². The van der Waals surface area contributed by atoms with E-state index in [0.29, 0.717) is 35.4 Å². The first kappa shape index (κ1) is 25.3. The molecule has 0 saturated carbocycles. The van der Waals surface area contributed by atoms with Crippen LogP contribution in [0.3, 0.4) is 0 Å². The first-order chi connectivity index (χ1) is 18.2. The maximum Gasteiger partial charge on any atom is 0.371 e. The summed E-state index contributed by atoms with van der Waals surface area (Å²) in [5.74, 6) is -4.99. The summed E-state index contributed by atoms with van der Waals surface area (Å²) in [4.78, 5) is 30.2. The number of oxazole rings is 1. The molecule has 1 saturated heterocycles. The third kappa shape index (κ3) is 5.21. The van der Waals surface area contributed by atoms with Gasteiger partial charge in [0.25, 0.3) is 6.01 Å². The van der Waals surface area contributed by atoms with Crippen LogP contribution in [0.25, 0.3) is 11.1 Å². The molecule has 1 fully saturated rings. The van der Waals surface area contributed by atoms with Crippen molar-refractivity contribution in [3.05, 3.63) is 83.2 Å². The van der Waals surface area contributed by atoms with Crippen molar-refractivity contribution in [3.8, 4) is 5.75 Å². The van der Waals surface area contributed by atoms with Gasteiger partial charge in [0, 0.05) is 25.2 Å². The van der Waals surface area contributed by atoms with Crippen LogP contribution in [-0.4, -0.2) is 45.8 Å². The third-order valence-corrected chi connectivity index (χ3v) is 6.47. The van der Waals surface area contributed by atoms with E-state index in [1.165, 1.54) is 41.3 Å². The van der Waals surface area contributed by atoms with Crippen LogP contribution in [0.2, 0.25) is 0 Å². The number of benzene rings is 3. The summed E-state index contributed by atoms with van der Waals surface area (Å²) in [5, 5.41) is 12.1. The van der Waals surface area contributed by atoms with Crippen molar-refractivity contribution in [2.45, 2.75) is 32.2 Å². The summed E-state index contributed by atoms with van der Waals surface area (Å²) in [6, 6.07) is 14.7. The van der Waals surface area contributed by atoms with Crippen LogP contribution in [0.15, 0.2) is 65.1 Å². The number of alkyl halides is 1. The van der Waals surface area contributed by atoms with Crippen molar-refractivity contribution in [1.29, 1.82) is 0 Å². The number of carbonyl (C=O) groups is 2. The molecule has 1 aliphatic rings. The average molecular weight is 522 g/mol. The summed E-state index contributed by atoms with van der Waals surface area (Å²) in [6.07, 6.45) is 1.18. The molecular formula is C28H25F2N3O5. The molecule has 2 heterocycles. The van der Waals surface area contributed by atoms with Crippen molar-refractivity contribution in [2.24, 2.45) is 0 Å². The van der Waals surface area contributed by atoms with Crippen LogP contribution in [0.4, 0.5) is 20.5 Å². The largest absolute Gasteiger partial charge is 0.478 e. The SMILES string of the molecule is Cc1ccc(F)cc1Nc1nc2ccc(CC(=O)C(F)(Oc3ccc(C(=O)O)cc3)N3CCCC3)cc2o1. The van der Waals surface area contributed by atoms with E-state index in [9.17, 15) is 14.0 Å². The zero-order valence-electron chi connectivity index (χ0n) is 20.5. The van der Waals surface area contributed by atoms with Gasteiger partial charge in [-0.25, -0.2) is 14.1 Å². The number of aromatic nitrogens is 1. The smallest absolute Gasteiger partial charge is 0.371 e. The van der Waals surface area contributed by atoms with Crippen LogP contribution < -0.4 is 10.1 Å². The summed E-state index contributed by atoms with van der Waals surface area (Å²) >= 11 is 0. The lowest BCUT2D eigenvalue weighted by atomic mass is 10.1. The van der Waals surface area contributed by atoms with Gasteiger partial charge >= 0.3 is 11.9 Å². The average Bonchev–Trinajstić information content (AvgIpc) is 3.57. The molecule has 0 spiro atoms. The van der Waals surface area contributed by atoms with Crippen molar-refractivity contribution >= 4 is 34.6 Å². The number of hydrogen-bond acceptors (Lipinski definition) is 7. The standard InChI is InChI=1S/C28H25F2N3O5/c1-17-4-8-20(29)16-23(17)32-27-31-22-11-5-18(14-24(22)37-27)15-25(34)28(30,33-12-2-3-13-33)38-21-9-6-19(7-10-21)26(35)36/h4-11,14,16H,2-3,12-13,15H2,1H3,(H,31,32)(H,35,36). The maximum absolute atomic E-state index is 16.3. The first-order valence-corrected chi connectivity index (χ1v) is 12.1. The lowest BCUT2D eigenvalue weighted by molar-refractivity contribution is -0.191. The number of Topliss-reactive ketones (excluding diaryl/α,β-unsaturated/α-hetero) is 1. The normalized spacial score (nSPS) is 15.3. The van der Waals surface area contributed by atoms with Crippen LogP contribution in [0.1, 0.15) is 34.3 Å². The molecule has 1 aliphatic heterocycles. The van der Waals surface area contributed by atoms with E-state index in [0.717, 1.165) is 18.4 Å². The Morgan fingerprint density at radius 1 is 1.11 bits per heavy atom. The Kier molecular flexibility index (Phi) is 6.81. The number of aryl methyl sites for hydroxylation is 1. The number of rotatable bonds is 9. The molecule has 10 heteroatoms. The zero-order valence-corrected chi connectivity index (χ0v) is 20.5. The van der Waals surface area contributed by atoms with Gasteiger partial charge in [0.15, 0.2) is 5.58 Å². The Morgan fingerprint density at radius 3 is 2.55 bits per heavy atom. The van der Waals surface area contributed by atoms with Crippen LogP contribution >= 0.6 is 0 Å². The molecule has 196 valence electrons. The highest BCUT2D eigenvalue weighted by Gasteiger charge is 2.48. The fraction of sp³-hybridized carbons (Fsp3) is 0.250. The van der Waals surface area contributed by atoms with Gasteiger partial charge < -0.3 is 19.6 Å². The van der Waals surface area contributed by atoms with Crippen molar-refractivity contribution in [1.82, 2.24) is 9.88 Å². The quantitative estimate of drug-likeness (QED) is 0.273. The Morgan fingerprint density at radius 2 is 1.84 bits per heavy atom. The molecule has 1 aromatic heterocycles. The van der Waals surface area contributed by atoms with E-state index < -0.39 is 23.5 Å². The summed E-state index contributed by atoms with van der Waals surface area (Å²) in [5.41, 5.74) is 2.72. The number of likely N-dealkylation sites (tertiary alicyclic amines) is 1. The zero-order chi connectivity index (χ0) is 26.9. The van der Waals surface area contributed by atoms with Crippen LogP contribution in [0.5, 0.6) is 5.75 Å². The van der Waals surface area contributed by atoms with Gasteiger partial charge in [-0.05, 0) is 79.4 Å². The molecule has 0 bridgehead atoms. The number of nitrogens with zero attached hydrogens (tertiary/aromatic N) is 2. The number of carboxylic acid groups (broad SMARTS) is 1. The number of aromatic carboxylic acids is 1. The third-order valence-electron chi connectivity index (χ3n) is 6.47. The van der Waals surface area contributed by atoms with E-state index in [-0.39, 0.29) is 23.7 Å². The van der Waals surface area contributed by atoms with E-state index in [1.54, 1.807) is 24.3 Å². The monoisotopic (exact) mass is 521 g/mol. The number of nitrogens with one attached hydrogen (secondary N) is 1. The first-order valence-electron chi connectivity index (χ1n) is 12.1. The number of hydrogen-bond donors (Lipinski definition) is 2. The topological polar surface area (TPSA) is 105 Å². The predicted molar refractivity (Wildman–Crippen MR) is 136 cm³/mol. The number of halogens is 2. The summed E-state index contributed by atoms with van der Waals surface area (Å²) in [6.45, 7) is 2.52. The highest BCUT2D eigenvalue weighted by Crippen LogP contribution is 2.31. The fourth-order valence-electron chi connectivity index (χ4n) is 4.40. The molecule has 38 heavy (non-hydrogen) atoms. The number of fused-ring (bicyclic) bond motifs is 1. The van der Waals surface area contributed by atoms with Gasteiger partial charge in [0.2, 0.25) is 5.78 Å². The number of carboxylic acids is 1. The number of ketones is 1.